The Morgan fingerprint density at radius 2 is 2.07 bits per heavy atom. The van der Waals surface area contributed by atoms with E-state index in [0.717, 1.165) is 0 Å². The Labute approximate surface area is 91.4 Å². The van der Waals surface area contributed by atoms with E-state index in [1.165, 1.54) is 0 Å². The number of carbonyl (C=O) groups is 1. The molecule has 0 aliphatic heterocycles. The standard InChI is InChI=1S/C10H20ClNO2/c1-9(2)8-10(13)12(5-4-11)6-7-14-3/h9H,4-8H2,1-3H3. The minimum atomic E-state index is 0.165. The predicted molar refractivity (Wildman–Crippen MR) is 58.6 cm³/mol. The second kappa shape index (κ2) is 8.06. The monoisotopic (exact) mass is 221 g/mol. The Kier molecular flexibility index (Phi) is 7.90. The van der Waals surface area contributed by atoms with Gasteiger partial charge in [-0.1, -0.05) is 13.8 Å². The molecule has 3 nitrogen and oxygen atoms in total. The van der Waals surface area contributed by atoms with Gasteiger partial charge in [-0.25, -0.2) is 0 Å². The lowest BCUT2D eigenvalue weighted by atomic mass is 10.1. The van der Waals surface area contributed by atoms with Crippen LogP contribution in [0.25, 0.3) is 0 Å². The van der Waals surface area contributed by atoms with Crippen molar-refractivity contribution < 1.29 is 9.53 Å². The van der Waals surface area contributed by atoms with Crippen LogP contribution in [0, 0.1) is 5.92 Å². The molecule has 0 atom stereocenters. The SMILES string of the molecule is COCCN(CCCl)C(=O)CC(C)C. The number of ether oxygens (including phenoxy) is 1. The van der Waals surface area contributed by atoms with Crippen molar-refractivity contribution in [2.24, 2.45) is 5.92 Å². The van der Waals surface area contributed by atoms with Gasteiger partial charge in [-0.05, 0) is 5.92 Å². The maximum absolute atomic E-state index is 11.7. The van der Waals surface area contributed by atoms with Gasteiger partial charge in [-0.2, -0.15) is 0 Å². The molecule has 0 radical (unpaired) electrons. The van der Waals surface area contributed by atoms with Crippen LogP contribution >= 0.6 is 11.6 Å². The molecule has 0 saturated heterocycles. The fourth-order valence-corrected chi connectivity index (χ4v) is 1.35. The molecule has 1 amide bonds. The molecule has 0 aromatic carbocycles. The van der Waals surface area contributed by atoms with Crippen LogP contribution in [0.1, 0.15) is 20.3 Å². The predicted octanol–water partition coefficient (Wildman–Crippen LogP) is 1.75. The number of rotatable bonds is 7. The first-order chi connectivity index (χ1) is 6.61. The highest BCUT2D eigenvalue weighted by Gasteiger charge is 2.13. The Bertz CT molecular complexity index is 162. The average molecular weight is 222 g/mol. The molecule has 0 aromatic rings. The van der Waals surface area contributed by atoms with Gasteiger partial charge in [0.1, 0.15) is 0 Å². The number of alkyl halides is 1. The van der Waals surface area contributed by atoms with Gasteiger partial charge in [-0.15, -0.1) is 11.6 Å². The van der Waals surface area contributed by atoms with E-state index in [0.29, 0.717) is 37.9 Å². The first kappa shape index (κ1) is 13.7. The number of halogens is 1. The number of hydrogen-bond donors (Lipinski definition) is 0. The van der Waals surface area contributed by atoms with Crippen molar-refractivity contribution in [2.45, 2.75) is 20.3 Å². The van der Waals surface area contributed by atoms with Gasteiger partial charge >= 0.3 is 0 Å². The summed E-state index contributed by atoms with van der Waals surface area (Å²) in [5, 5.41) is 0. The molecular weight excluding hydrogens is 202 g/mol. The normalized spacial score (nSPS) is 10.6. The summed E-state index contributed by atoms with van der Waals surface area (Å²) in [7, 11) is 1.63. The lowest BCUT2D eigenvalue weighted by Crippen LogP contribution is -2.36. The Balaban J connectivity index is 3.97. The maximum atomic E-state index is 11.7. The fraction of sp³-hybridized carbons (Fsp3) is 0.900. The van der Waals surface area contributed by atoms with Crippen LogP contribution in [0.3, 0.4) is 0 Å². The van der Waals surface area contributed by atoms with Crippen LogP contribution in [0.15, 0.2) is 0 Å². The Morgan fingerprint density at radius 3 is 2.50 bits per heavy atom. The van der Waals surface area contributed by atoms with Gasteiger partial charge in [0.2, 0.25) is 5.91 Å². The zero-order valence-corrected chi connectivity index (χ0v) is 10.0. The maximum Gasteiger partial charge on any atom is 0.222 e. The largest absolute Gasteiger partial charge is 0.383 e. The summed E-state index contributed by atoms with van der Waals surface area (Å²) in [5.74, 6) is 1.04. The van der Waals surface area contributed by atoms with Gasteiger partial charge in [0, 0.05) is 32.5 Å². The smallest absolute Gasteiger partial charge is 0.222 e. The zero-order valence-electron chi connectivity index (χ0n) is 9.25. The van der Waals surface area contributed by atoms with Crippen LogP contribution in [0.4, 0.5) is 0 Å². The molecule has 0 aromatic heterocycles. The van der Waals surface area contributed by atoms with Crippen LogP contribution in [-0.2, 0) is 9.53 Å². The third-order valence-corrected chi connectivity index (χ3v) is 2.02. The molecule has 4 heteroatoms. The van der Waals surface area contributed by atoms with E-state index in [2.05, 4.69) is 0 Å². The Morgan fingerprint density at radius 1 is 1.43 bits per heavy atom. The van der Waals surface area contributed by atoms with Gasteiger partial charge in [0.15, 0.2) is 0 Å². The van der Waals surface area contributed by atoms with Crippen molar-refractivity contribution in [3.63, 3.8) is 0 Å². The topological polar surface area (TPSA) is 29.5 Å². The summed E-state index contributed by atoms with van der Waals surface area (Å²) in [5.41, 5.74) is 0. The van der Waals surface area contributed by atoms with Crippen molar-refractivity contribution in [3.8, 4) is 0 Å². The third-order valence-electron chi connectivity index (χ3n) is 1.86. The van der Waals surface area contributed by atoms with E-state index in [1.54, 1.807) is 12.0 Å². The van der Waals surface area contributed by atoms with Crippen molar-refractivity contribution in [1.82, 2.24) is 4.90 Å². The van der Waals surface area contributed by atoms with E-state index in [4.69, 9.17) is 16.3 Å². The molecule has 0 spiro atoms. The minimum absolute atomic E-state index is 0.165. The number of methoxy groups -OCH3 is 1. The quantitative estimate of drug-likeness (QED) is 0.613. The van der Waals surface area contributed by atoms with Crippen molar-refractivity contribution >= 4 is 17.5 Å². The third kappa shape index (κ3) is 6.22. The second-order valence-electron chi connectivity index (χ2n) is 3.66. The summed E-state index contributed by atoms with van der Waals surface area (Å²) in [6.45, 7) is 5.88. The number of nitrogens with zero attached hydrogens (tertiary/aromatic N) is 1. The van der Waals surface area contributed by atoms with Gasteiger partial charge in [-0.3, -0.25) is 4.79 Å². The van der Waals surface area contributed by atoms with Crippen LogP contribution in [-0.4, -0.2) is 43.5 Å². The molecule has 0 heterocycles. The molecule has 0 rings (SSSR count). The Hall–Kier alpha value is -0.280. The highest BCUT2D eigenvalue weighted by molar-refractivity contribution is 6.18. The van der Waals surface area contributed by atoms with E-state index in [1.807, 2.05) is 13.8 Å². The number of hydrogen-bond acceptors (Lipinski definition) is 2. The summed E-state index contributed by atoms with van der Waals surface area (Å²) < 4.78 is 4.94. The number of amides is 1. The molecule has 0 aliphatic rings. The lowest BCUT2D eigenvalue weighted by molar-refractivity contribution is -0.132. The summed E-state index contributed by atoms with van der Waals surface area (Å²) in [6, 6.07) is 0. The average Bonchev–Trinajstić information content (AvgIpc) is 2.10. The van der Waals surface area contributed by atoms with E-state index < -0.39 is 0 Å². The summed E-state index contributed by atoms with van der Waals surface area (Å²) in [6.07, 6.45) is 0.584. The van der Waals surface area contributed by atoms with Crippen molar-refractivity contribution in [2.75, 3.05) is 32.7 Å². The summed E-state index contributed by atoms with van der Waals surface area (Å²) in [4.78, 5) is 13.4. The molecule has 0 N–H and O–H groups in total. The van der Waals surface area contributed by atoms with E-state index in [-0.39, 0.29) is 5.91 Å². The van der Waals surface area contributed by atoms with Crippen LogP contribution in [0.5, 0.6) is 0 Å². The fourth-order valence-electron chi connectivity index (χ4n) is 1.14. The molecule has 0 saturated carbocycles. The van der Waals surface area contributed by atoms with Gasteiger partial charge < -0.3 is 9.64 Å². The highest BCUT2D eigenvalue weighted by atomic mass is 35.5. The molecule has 0 bridgehead atoms. The molecule has 14 heavy (non-hydrogen) atoms. The molecule has 0 unspecified atom stereocenters. The molecule has 0 fully saturated rings. The van der Waals surface area contributed by atoms with Gasteiger partial charge in [0.25, 0.3) is 0 Å². The second-order valence-corrected chi connectivity index (χ2v) is 4.04. The molecule has 84 valence electrons. The molecular formula is C10H20ClNO2. The lowest BCUT2D eigenvalue weighted by Gasteiger charge is -2.22. The van der Waals surface area contributed by atoms with E-state index in [9.17, 15) is 4.79 Å². The first-order valence-electron chi connectivity index (χ1n) is 4.94. The first-order valence-corrected chi connectivity index (χ1v) is 5.48. The van der Waals surface area contributed by atoms with E-state index >= 15 is 0 Å². The van der Waals surface area contributed by atoms with Crippen molar-refractivity contribution in [1.29, 1.82) is 0 Å². The van der Waals surface area contributed by atoms with Crippen molar-refractivity contribution in [3.05, 3.63) is 0 Å². The molecule has 0 aliphatic carbocycles. The van der Waals surface area contributed by atoms with Crippen LogP contribution < -0.4 is 0 Å². The zero-order chi connectivity index (χ0) is 11.0. The van der Waals surface area contributed by atoms with Gasteiger partial charge in [0.05, 0.1) is 6.61 Å². The van der Waals surface area contributed by atoms with Crippen LogP contribution in [0.2, 0.25) is 0 Å². The minimum Gasteiger partial charge on any atom is -0.383 e. The highest BCUT2D eigenvalue weighted by Crippen LogP contribution is 2.04. The summed E-state index contributed by atoms with van der Waals surface area (Å²) >= 11 is 5.62. The number of carbonyl (C=O) groups excluding carboxylic acids is 1.